The third-order valence-corrected chi connectivity index (χ3v) is 4.41. The molecule has 1 aliphatic rings. The number of hydrogen-bond acceptors (Lipinski definition) is 5. The molecule has 2 aromatic rings. The average Bonchev–Trinajstić information content (AvgIpc) is 2.73. The Bertz CT molecular complexity index is 820. The molecule has 1 saturated heterocycles. The predicted octanol–water partition coefficient (Wildman–Crippen LogP) is 1.37. The van der Waals surface area contributed by atoms with Gasteiger partial charge >= 0.3 is 10.2 Å². The Labute approximate surface area is 126 Å². The number of rotatable bonds is 3. The molecule has 0 spiro atoms. The summed E-state index contributed by atoms with van der Waals surface area (Å²) < 4.78 is 31.7. The Hall–Kier alpha value is -2.74. The molecule has 114 valence electrons. The third-order valence-electron chi connectivity index (χ3n) is 3.01. The summed E-state index contributed by atoms with van der Waals surface area (Å²) in [7, 11) is -3.95. The molecule has 22 heavy (non-hydrogen) atoms. The van der Waals surface area contributed by atoms with Crippen LogP contribution in [-0.2, 0) is 15.0 Å². The minimum absolute atomic E-state index is 0.0127. The zero-order chi connectivity index (χ0) is 15.7. The number of hydrogen-bond donors (Lipinski definition) is 2. The molecule has 0 unspecified atom stereocenters. The van der Waals surface area contributed by atoms with Gasteiger partial charge in [-0.2, -0.15) is 8.42 Å². The van der Waals surface area contributed by atoms with Gasteiger partial charge in [0.15, 0.2) is 0 Å². The van der Waals surface area contributed by atoms with Gasteiger partial charge in [0.05, 0.1) is 5.69 Å². The van der Waals surface area contributed by atoms with Gasteiger partial charge in [0.1, 0.15) is 23.8 Å². The zero-order valence-corrected chi connectivity index (χ0v) is 12.1. The van der Waals surface area contributed by atoms with Crippen LogP contribution in [0.15, 0.2) is 48.5 Å². The third kappa shape index (κ3) is 2.68. The Morgan fingerprint density at radius 2 is 1.82 bits per heavy atom. The number of ether oxygens (including phenoxy) is 1. The van der Waals surface area contributed by atoms with E-state index in [-0.39, 0.29) is 18.0 Å². The van der Waals surface area contributed by atoms with Gasteiger partial charge in [0, 0.05) is 6.07 Å². The molecule has 8 heteroatoms. The highest BCUT2D eigenvalue weighted by Crippen LogP contribution is 2.35. The summed E-state index contributed by atoms with van der Waals surface area (Å²) in [5.41, 5.74) is 0.0127. The smallest absolute Gasteiger partial charge is 0.326 e. The number of benzene rings is 2. The lowest BCUT2D eigenvalue weighted by molar-refractivity contribution is -0.117. The van der Waals surface area contributed by atoms with Crippen molar-refractivity contribution in [2.45, 2.75) is 0 Å². The number of para-hydroxylation sites is 1. The molecule has 0 aromatic heterocycles. The van der Waals surface area contributed by atoms with Crippen molar-refractivity contribution in [2.24, 2.45) is 0 Å². The summed E-state index contributed by atoms with van der Waals surface area (Å²) >= 11 is 0. The number of phenols is 1. The monoisotopic (exact) mass is 320 g/mol. The van der Waals surface area contributed by atoms with E-state index in [0.29, 0.717) is 11.5 Å². The van der Waals surface area contributed by atoms with Crippen molar-refractivity contribution in [3.63, 3.8) is 0 Å². The van der Waals surface area contributed by atoms with E-state index in [0.717, 1.165) is 4.31 Å². The second-order valence-corrected chi connectivity index (χ2v) is 6.20. The number of phenolic OH excluding ortho intramolecular Hbond substituents is 1. The average molecular weight is 320 g/mol. The fourth-order valence-electron chi connectivity index (χ4n) is 2.06. The zero-order valence-electron chi connectivity index (χ0n) is 11.3. The van der Waals surface area contributed by atoms with Crippen LogP contribution >= 0.6 is 0 Å². The van der Waals surface area contributed by atoms with Gasteiger partial charge in [-0.15, -0.1) is 0 Å². The largest absolute Gasteiger partial charge is 0.506 e. The summed E-state index contributed by atoms with van der Waals surface area (Å²) in [4.78, 5) is 11.2. The van der Waals surface area contributed by atoms with Gasteiger partial charge in [-0.25, -0.2) is 9.03 Å². The van der Waals surface area contributed by atoms with Gasteiger partial charge < -0.3 is 9.84 Å². The number of aromatic hydroxyl groups is 1. The molecule has 0 saturated carbocycles. The number of nitrogens with zero attached hydrogens (tertiary/aromatic N) is 1. The maximum Gasteiger partial charge on any atom is 0.326 e. The Balaban J connectivity index is 1.89. The van der Waals surface area contributed by atoms with Crippen molar-refractivity contribution in [1.82, 2.24) is 4.72 Å². The lowest BCUT2D eigenvalue weighted by atomic mass is 10.2. The second kappa shape index (κ2) is 5.23. The van der Waals surface area contributed by atoms with Gasteiger partial charge in [-0.1, -0.05) is 18.2 Å². The van der Waals surface area contributed by atoms with Crippen LogP contribution in [0.2, 0.25) is 0 Å². The topological polar surface area (TPSA) is 95.9 Å². The fraction of sp³-hybridized carbons (Fsp3) is 0.0714. The van der Waals surface area contributed by atoms with Crippen molar-refractivity contribution in [3.05, 3.63) is 48.5 Å². The van der Waals surface area contributed by atoms with E-state index in [1.165, 1.54) is 18.2 Å². The maximum atomic E-state index is 11.8. The summed E-state index contributed by atoms with van der Waals surface area (Å²) in [6, 6.07) is 13.1. The van der Waals surface area contributed by atoms with Gasteiger partial charge in [-0.05, 0) is 24.3 Å². The molecule has 1 fully saturated rings. The van der Waals surface area contributed by atoms with E-state index in [9.17, 15) is 18.3 Å². The molecular formula is C14H12N2O5S. The van der Waals surface area contributed by atoms with Crippen LogP contribution in [0.3, 0.4) is 0 Å². The van der Waals surface area contributed by atoms with E-state index in [1.54, 1.807) is 24.3 Å². The molecule has 1 aliphatic heterocycles. The summed E-state index contributed by atoms with van der Waals surface area (Å²) in [5.74, 6) is -0.0128. The number of amides is 1. The highest BCUT2D eigenvalue weighted by Gasteiger charge is 2.35. The molecule has 3 rings (SSSR count). The highest BCUT2D eigenvalue weighted by atomic mass is 32.2. The molecule has 0 bridgehead atoms. The van der Waals surface area contributed by atoms with E-state index in [1.807, 2.05) is 10.8 Å². The Morgan fingerprint density at radius 1 is 1.09 bits per heavy atom. The minimum atomic E-state index is -3.95. The molecule has 7 nitrogen and oxygen atoms in total. The van der Waals surface area contributed by atoms with Crippen LogP contribution < -0.4 is 13.8 Å². The van der Waals surface area contributed by atoms with E-state index in [4.69, 9.17) is 4.74 Å². The van der Waals surface area contributed by atoms with E-state index < -0.39 is 16.1 Å². The minimum Gasteiger partial charge on any atom is -0.506 e. The van der Waals surface area contributed by atoms with Crippen molar-refractivity contribution in [3.8, 4) is 17.2 Å². The molecule has 0 aliphatic carbocycles. The molecule has 1 heterocycles. The highest BCUT2D eigenvalue weighted by molar-refractivity contribution is 7.92. The van der Waals surface area contributed by atoms with Crippen LogP contribution in [0.4, 0.5) is 5.69 Å². The normalized spacial score (nSPS) is 16.4. The maximum absolute atomic E-state index is 11.8. The first-order valence-electron chi connectivity index (χ1n) is 6.35. The van der Waals surface area contributed by atoms with Crippen molar-refractivity contribution >= 4 is 21.8 Å². The van der Waals surface area contributed by atoms with Crippen molar-refractivity contribution in [2.75, 3.05) is 10.8 Å². The molecule has 0 atom stereocenters. The molecule has 2 aromatic carbocycles. The summed E-state index contributed by atoms with van der Waals surface area (Å²) in [6.45, 7) is -0.366. The molecule has 0 radical (unpaired) electrons. The van der Waals surface area contributed by atoms with Crippen LogP contribution in [0.1, 0.15) is 0 Å². The Kier molecular flexibility index (Phi) is 3.38. The first kappa shape index (κ1) is 14.2. The predicted molar refractivity (Wildman–Crippen MR) is 79.0 cm³/mol. The number of anilines is 1. The SMILES string of the molecule is O=C1CN(c2ccc(Oc3ccccc3)cc2O)S(=O)(=O)N1. The van der Waals surface area contributed by atoms with Gasteiger partial charge in [0.25, 0.3) is 5.91 Å². The first-order chi connectivity index (χ1) is 10.5. The van der Waals surface area contributed by atoms with Gasteiger partial charge in [-0.3, -0.25) is 4.79 Å². The standard InChI is InChI=1S/C14H12N2O5S/c17-13-8-11(21-10-4-2-1-3-5-10)6-7-12(13)16-9-14(18)15-22(16,19)20/h1-8,17H,9H2,(H,15,18). The van der Waals surface area contributed by atoms with Crippen LogP contribution in [0.25, 0.3) is 0 Å². The van der Waals surface area contributed by atoms with Crippen LogP contribution in [-0.4, -0.2) is 26.0 Å². The summed E-state index contributed by atoms with van der Waals surface area (Å²) in [6.07, 6.45) is 0. The Morgan fingerprint density at radius 3 is 2.41 bits per heavy atom. The lowest BCUT2D eigenvalue weighted by Gasteiger charge is -2.16. The lowest BCUT2D eigenvalue weighted by Crippen LogP contribution is -2.29. The molecule has 1 amide bonds. The van der Waals surface area contributed by atoms with Crippen molar-refractivity contribution in [1.29, 1.82) is 0 Å². The van der Waals surface area contributed by atoms with Crippen LogP contribution in [0.5, 0.6) is 17.2 Å². The van der Waals surface area contributed by atoms with Gasteiger partial charge in [0.2, 0.25) is 0 Å². The van der Waals surface area contributed by atoms with Crippen molar-refractivity contribution < 1.29 is 23.1 Å². The quantitative estimate of drug-likeness (QED) is 0.890. The molecule has 2 N–H and O–H groups in total. The summed E-state index contributed by atoms with van der Waals surface area (Å²) in [5, 5.41) is 10.0. The fourth-order valence-corrected chi connectivity index (χ4v) is 3.23. The number of carbonyl (C=O) groups is 1. The van der Waals surface area contributed by atoms with E-state index >= 15 is 0 Å². The number of nitrogens with one attached hydrogen (secondary N) is 1. The second-order valence-electron chi connectivity index (χ2n) is 4.60. The molecular weight excluding hydrogens is 308 g/mol. The van der Waals surface area contributed by atoms with Crippen LogP contribution in [0, 0.1) is 0 Å². The number of carbonyl (C=O) groups excluding carboxylic acids is 1. The first-order valence-corrected chi connectivity index (χ1v) is 7.79. The van der Waals surface area contributed by atoms with E-state index in [2.05, 4.69) is 0 Å².